The molecule has 0 aromatic heterocycles. The number of ether oxygens (including phenoxy) is 1. The minimum atomic E-state index is -4.69. The lowest BCUT2D eigenvalue weighted by Crippen LogP contribution is -2.19. The van der Waals surface area contributed by atoms with Crippen LogP contribution in [0, 0.1) is 0 Å². The molecule has 1 N–H and O–H groups in total. The highest BCUT2D eigenvalue weighted by atomic mass is 19.4. The first-order valence-electron chi connectivity index (χ1n) is 4.66. The molecule has 1 aromatic carbocycles. The van der Waals surface area contributed by atoms with Crippen molar-refractivity contribution in [2.24, 2.45) is 0 Å². The van der Waals surface area contributed by atoms with Crippen LogP contribution in [0.3, 0.4) is 0 Å². The monoisotopic (exact) mass is 231 g/mol. The first-order valence-corrected chi connectivity index (χ1v) is 4.66. The van der Waals surface area contributed by atoms with Gasteiger partial charge in [0.25, 0.3) is 0 Å². The van der Waals surface area contributed by atoms with Gasteiger partial charge >= 0.3 is 6.36 Å². The summed E-state index contributed by atoms with van der Waals surface area (Å²) in [5.74, 6) is -0.247. The Morgan fingerprint density at radius 3 is 2.56 bits per heavy atom. The van der Waals surface area contributed by atoms with Crippen molar-refractivity contribution < 1.29 is 17.9 Å². The second kappa shape index (κ2) is 4.92. The third-order valence-corrected chi connectivity index (χ3v) is 1.85. The van der Waals surface area contributed by atoms with Crippen molar-refractivity contribution in [3.63, 3.8) is 0 Å². The van der Waals surface area contributed by atoms with E-state index in [1.807, 2.05) is 0 Å². The van der Waals surface area contributed by atoms with Crippen LogP contribution < -0.4 is 10.1 Å². The second-order valence-corrected chi connectivity index (χ2v) is 3.21. The summed E-state index contributed by atoms with van der Waals surface area (Å²) >= 11 is 0. The third kappa shape index (κ3) is 3.84. The topological polar surface area (TPSA) is 21.3 Å². The lowest BCUT2D eigenvalue weighted by molar-refractivity contribution is -0.274. The highest BCUT2D eigenvalue weighted by Crippen LogP contribution is 2.30. The smallest absolute Gasteiger partial charge is 0.404 e. The van der Waals surface area contributed by atoms with Gasteiger partial charge in [0.1, 0.15) is 0 Å². The Balaban J connectivity index is 2.87. The van der Waals surface area contributed by atoms with Gasteiger partial charge in [-0.3, -0.25) is 0 Å². The van der Waals surface area contributed by atoms with Gasteiger partial charge in [-0.2, -0.15) is 0 Å². The molecule has 5 heteroatoms. The van der Waals surface area contributed by atoms with Crippen LogP contribution in [0.1, 0.15) is 6.92 Å². The van der Waals surface area contributed by atoms with Gasteiger partial charge in [-0.05, 0) is 19.1 Å². The van der Waals surface area contributed by atoms with Crippen LogP contribution in [0.25, 0.3) is 0 Å². The fourth-order valence-electron chi connectivity index (χ4n) is 1.10. The number of para-hydroxylation sites is 2. The van der Waals surface area contributed by atoms with Crippen molar-refractivity contribution in [3.8, 4) is 5.75 Å². The molecule has 16 heavy (non-hydrogen) atoms. The van der Waals surface area contributed by atoms with Gasteiger partial charge in [-0.25, -0.2) is 0 Å². The summed E-state index contributed by atoms with van der Waals surface area (Å²) in [6.45, 7) is 5.31. The Hall–Kier alpha value is -1.65. The average molecular weight is 231 g/mol. The highest BCUT2D eigenvalue weighted by molar-refractivity contribution is 5.57. The number of anilines is 1. The van der Waals surface area contributed by atoms with Crippen molar-refractivity contribution >= 4 is 5.69 Å². The quantitative estimate of drug-likeness (QED) is 0.800. The maximum atomic E-state index is 12.1. The molecular weight excluding hydrogens is 219 g/mol. The molecule has 0 fully saturated rings. The molecule has 0 radical (unpaired) electrons. The number of rotatable bonds is 4. The lowest BCUT2D eigenvalue weighted by atomic mass is 10.2. The minimum Gasteiger partial charge on any atom is -0.404 e. The van der Waals surface area contributed by atoms with Gasteiger partial charge in [0.15, 0.2) is 5.75 Å². The summed E-state index contributed by atoms with van der Waals surface area (Å²) in [5, 5.41) is 2.84. The number of hydrogen-bond donors (Lipinski definition) is 1. The van der Waals surface area contributed by atoms with E-state index >= 15 is 0 Å². The van der Waals surface area contributed by atoms with Gasteiger partial charge in [0, 0.05) is 6.04 Å². The van der Waals surface area contributed by atoms with E-state index in [4.69, 9.17) is 0 Å². The van der Waals surface area contributed by atoms with Crippen LogP contribution >= 0.6 is 0 Å². The van der Waals surface area contributed by atoms with Gasteiger partial charge in [0.05, 0.1) is 5.69 Å². The molecule has 1 atom stereocenters. The molecule has 1 rings (SSSR count). The van der Waals surface area contributed by atoms with E-state index in [-0.39, 0.29) is 17.5 Å². The largest absolute Gasteiger partial charge is 0.573 e. The summed E-state index contributed by atoms with van der Waals surface area (Å²) in [6, 6.07) is 5.73. The number of hydrogen-bond acceptors (Lipinski definition) is 2. The fourth-order valence-corrected chi connectivity index (χ4v) is 1.10. The Morgan fingerprint density at radius 2 is 2.00 bits per heavy atom. The molecule has 0 aliphatic heterocycles. The van der Waals surface area contributed by atoms with Crippen LogP contribution in [0.4, 0.5) is 18.9 Å². The molecule has 0 spiro atoms. The zero-order valence-electron chi connectivity index (χ0n) is 8.71. The summed E-state index contributed by atoms with van der Waals surface area (Å²) in [6.07, 6.45) is -3.10. The SMILES string of the molecule is C=CC(C)Nc1ccccc1OC(F)(F)F. The average Bonchev–Trinajstić information content (AvgIpc) is 2.18. The number of benzene rings is 1. The van der Waals surface area contributed by atoms with E-state index in [9.17, 15) is 13.2 Å². The maximum absolute atomic E-state index is 12.1. The zero-order chi connectivity index (χ0) is 12.2. The van der Waals surface area contributed by atoms with E-state index in [0.29, 0.717) is 0 Å². The Morgan fingerprint density at radius 1 is 1.38 bits per heavy atom. The molecule has 1 aromatic rings. The molecule has 88 valence electrons. The number of nitrogens with one attached hydrogen (secondary N) is 1. The summed E-state index contributed by atoms with van der Waals surface area (Å²) in [5.41, 5.74) is 0.284. The summed E-state index contributed by atoms with van der Waals surface area (Å²) in [7, 11) is 0. The summed E-state index contributed by atoms with van der Waals surface area (Å²) < 4.78 is 40.1. The Bertz CT molecular complexity index is 362. The molecule has 0 saturated heterocycles. The fraction of sp³-hybridized carbons (Fsp3) is 0.273. The molecule has 0 saturated carbocycles. The van der Waals surface area contributed by atoms with E-state index < -0.39 is 6.36 Å². The molecular formula is C11H12F3NO. The Kier molecular flexibility index (Phi) is 3.82. The van der Waals surface area contributed by atoms with Crippen LogP contribution in [-0.4, -0.2) is 12.4 Å². The van der Waals surface area contributed by atoms with E-state index in [1.54, 1.807) is 19.1 Å². The lowest BCUT2D eigenvalue weighted by Gasteiger charge is -2.16. The van der Waals surface area contributed by atoms with E-state index in [0.717, 1.165) is 0 Å². The standard InChI is InChI=1S/C11H12F3NO/c1-3-8(2)15-9-6-4-5-7-10(9)16-11(12,13)14/h3-8,15H,1H2,2H3. The first-order chi connectivity index (χ1) is 7.42. The van der Waals surface area contributed by atoms with E-state index in [1.165, 1.54) is 18.2 Å². The zero-order valence-corrected chi connectivity index (χ0v) is 8.71. The molecule has 0 bridgehead atoms. The van der Waals surface area contributed by atoms with Gasteiger partial charge < -0.3 is 10.1 Å². The summed E-state index contributed by atoms with van der Waals surface area (Å²) in [4.78, 5) is 0. The third-order valence-electron chi connectivity index (χ3n) is 1.85. The molecule has 0 heterocycles. The maximum Gasteiger partial charge on any atom is 0.573 e. The van der Waals surface area contributed by atoms with Crippen molar-refractivity contribution in [1.29, 1.82) is 0 Å². The van der Waals surface area contributed by atoms with Crippen molar-refractivity contribution in [3.05, 3.63) is 36.9 Å². The van der Waals surface area contributed by atoms with Crippen molar-refractivity contribution in [2.75, 3.05) is 5.32 Å². The van der Waals surface area contributed by atoms with Crippen LogP contribution in [0.5, 0.6) is 5.75 Å². The van der Waals surface area contributed by atoms with Crippen molar-refractivity contribution in [2.45, 2.75) is 19.3 Å². The van der Waals surface area contributed by atoms with Gasteiger partial charge in [0.2, 0.25) is 0 Å². The Labute approximate surface area is 91.7 Å². The van der Waals surface area contributed by atoms with Crippen LogP contribution in [-0.2, 0) is 0 Å². The van der Waals surface area contributed by atoms with E-state index in [2.05, 4.69) is 16.6 Å². The minimum absolute atomic E-state index is 0.141. The normalized spacial score (nSPS) is 13.0. The van der Waals surface area contributed by atoms with Gasteiger partial charge in [-0.1, -0.05) is 18.2 Å². The molecule has 2 nitrogen and oxygen atoms in total. The second-order valence-electron chi connectivity index (χ2n) is 3.21. The molecule has 0 aliphatic carbocycles. The molecule has 1 unspecified atom stereocenters. The van der Waals surface area contributed by atoms with Crippen molar-refractivity contribution in [1.82, 2.24) is 0 Å². The predicted octanol–water partition coefficient (Wildman–Crippen LogP) is 3.57. The predicted molar refractivity (Wildman–Crippen MR) is 56.4 cm³/mol. The number of halogens is 3. The van der Waals surface area contributed by atoms with Crippen LogP contribution in [0.2, 0.25) is 0 Å². The van der Waals surface area contributed by atoms with Gasteiger partial charge in [-0.15, -0.1) is 19.8 Å². The first kappa shape index (κ1) is 12.4. The molecule has 0 aliphatic rings. The highest BCUT2D eigenvalue weighted by Gasteiger charge is 2.32. The number of alkyl halides is 3. The molecule has 0 amide bonds. The van der Waals surface area contributed by atoms with Crippen LogP contribution in [0.15, 0.2) is 36.9 Å².